The number of alkyl halides is 1. The lowest BCUT2D eigenvalue weighted by Gasteiger charge is -2.13. The molecule has 0 amide bonds. The van der Waals surface area contributed by atoms with Gasteiger partial charge in [-0.3, -0.25) is 0 Å². The van der Waals surface area contributed by atoms with Crippen LogP contribution in [0.15, 0.2) is 18.2 Å². The Morgan fingerprint density at radius 3 is 3.05 bits per heavy atom. The van der Waals surface area contributed by atoms with Crippen molar-refractivity contribution in [1.82, 2.24) is 9.55 Å². The lowest BCUT2D eigenvalue weighted by molar-refractivity contribution is 0.490. The Hall–Kier alpha value is -0.380. The van der Waals surface area contributed by atoms with Gasteiger partial charge >= 0.3 is 0 Å². The van der Waals surface area contributed by atoms with Crippen LogP contribution >= 0.6 is 35.0 Å². The van der Waals surface area contributed by atoms with Crippen molar-refractivity contribution in [2.45, 2.75) is 19.4 Å². The highest BCUT2D eigenvalue weighted by Gasteiger charge is 2.19. The maximum atomic E-state index is 6.12. The summed E-state index contributed by atoms with van der Waals surface area (Å²) in [6.45, 7) is 1.04. The van der Waals surface area contributed by atoms with E-state index in [0.717, 1.165) is 40.8 Å². The smallest absolute Gasteiger partial charge is 0.111 e. The summed E-state index contributed by atoms with van der Waals surface area (Å²) in [7, 11) is 0. The van der Waals surface area contributed by atoms with Crippen molar-refractivity contribution in [3.63, 3.8) is 0 Å². The zero-order valence-electron chi connectivity index (χ0n) is 10.6. The number of imidazole rings is 1. The maximum Gasteiger partial charge on any atom is 0.111 e. The Morgan fingerprint density at radius 1 is 1.42 bits per heavy atom. The highest BCUT2D eigenvalue weighted by molar-refractivity contribution is 7.99. The number of thioether (sulfide) groups is 1. The minimum Gasteiger partial charge on any atom is -0.328 e. The lowest BCUT2D eigenvalue weighted by Crippen LogP contribution is -2.13. The lowest BCUT2D eigenvalue weighted by atomic mass is 10.1. The fraction of sp³-hybridized carbons (Fsp3) is 0.500. The van der Waals surface area contributed by atoms with Crippen molar-refractivity contribution in [2.24, 2.45) is 5.92 Å². The van der Waals surface area contributed by atoms with Gasteiger partial charge in [-0.05, 0) is 42.0 Å². The van der Waals surface area contributed by atoms with Crippen LogP contribution in [-0.2, 0) is 13.0 Å². The molecule has 3 rings (SSSR count). The summed E-state index contributed by atoms with van der Waals surface area (Å²) in [5.74, 6) is 4.97. The van der Waals surface area contributed by atoms with Crippen LogP contribution in [0.2, 0.25) is 5.02 Å². The van der Waals surface area contributed by atoms with Gasteiger partial charge in [0.25, 0.3) is 0 Å². The number of hydrogen-bond donors (Lipinski definition) is 0. The zero-order valence-corrected chi connectivity index (χ0v) is 12.9. The van der Waals surface area contributed by atoms with Crippen molar-refractivity contribution in [1.29, 1.82) is 0 Å². The van der Waals surface area contributed by atoms with E-state index < -0.39 is 0 Å². The molecule has 0 spiro atoms. The molecule has 1 saturated heterocycles. The van der Waals surface area contributed by atoms with Gasteiger partial charge in [0.15, 0.2) is 0 Å². The second-order valence-corrected chi connectivity index (χ2v) is 6.90. The summed E-state index contributed by atoms with van der Waals surface area (Å²) < 4.78 is 2.32. The molecule has 1 aromatic heterocycles. The highest BCUT2D eigenvalue weighted by atomic mass is 35.5. The van der Waals surface area contributed by atoms with E-state index in [1.54, 1.807) is 0 Å². The van der Waals surface area contributed by atoms with Gasteiger partial charge in [0.05, 0.1) is 11.0 Å². The fourth-order valence-electron chi connectivity index (χ4n) is 2.61. The van der Waals surface area contributed by atoms with E-state index in [2.05, 4.69) is 4.57 Å². The molecule has 1 fully saturated rings. The normalized spacial score (nSPS) is 19.4. The summed E-state index contributed by atoms with van der Waals surface area (Å²) in [6, 6.07) is 5.91. The first-order valence-corrected chi connectivity index (χ1v) is 8.63. The molecule has 0 radical (unpaired) electrons. The van der Waals surface area contributed by atoms with Gasteiger partial charge in [-0.1, -0.05) is 11.6 Å². The van der Waals surface area contributed by atoms with Crippen LogP contribution in [0.3, 0.4) is 0 Å². The zero-order chi connectivity index (χ0) is 13.2. The molecule has 0 aliphatic carbocycles. The Bertz CT molecular complexity index is 576. The first-order valence-electron chi connectivity index (χ1n) is 6.56. The number of aromatic nitrogens is 2. The third-order valence-corrected chi connectivity index (χ3v) is 5.23. The van der Waals surface area contributed by atoms with E-state index >= 15 is 0 Å². The fourth-order valence-corrected chi connectivity index (χ4v) is 4.22. The topological polar surface area (TPSA) is 17.8 Å². The van der Waals surface area contributed by atoms with E-state index in [4.69, 9.17) is 28.2 Å². The molecule has 0 bridgehead atoms. The maximum absolute atomic E-state index is 6.12. The molecule has 2 heterocycles. The molecule has 1 aromatic carbocycles. The van der Waals surface area contributed by atoms with Gasteiger partial charge in [-0.25, -0.2) is 4.98 Å². The molecule has 19 heavy (non-hydrogen) atoms. The van der Waals surface area contributed by atoms with E-state index in [9.17, 15) is 0 Å². The average molecular weight is 315 g/mol. The number of nitrogens with zero attached hydrogens (tertiary/aromatic N) is 2. The Labute approximate surface area is 127 Å². The molecular formula is C14H16Cl2N2S. The van der Waals surface area contributed by atoms with Crippen molar-refractivity contribution in [2.75, 3.05) is 17.4 Å². The number of halogens is 2. The van der Waals surface area contributed by atoms with Crippen LogP contribution in [0.25, 0.3) is 11.0 Å². The number of benzene rings is 1. The van der Waals surface area contributed by atoms with E-state index in [-0.39, 0.29) is 0 Å². The van der Waals surface area contributed by atoms with Gasteiger partial charge < -0.3 is 4.57 Å². The molecule has 5 heteroatoms. The third kappa shape index (κ3) is 2.88. The van der Waals surface area contributed by atoms with Crippen molar-refractivity contribution in [3.8, 4) is 0 Å². The van der Waals surface area contributed by atoms with Crippen LogP contribution in [0.1, 0.15) is 12.2 Å². The molecule has 102 valence electrons. The predicted octanol–water partition coefficient (Wildman–Crippen LogP) is 4.22. The summed E-state index contributed by atoms with van der Waals surface area (Å²) in [5.41, 5.74) is 2.17. The Kier molecular flexibility index (Phi) is 4.25. The quantitative estimate of drug-likeness (QED) is 0.786. The molecule has 0 saturated carbocycles. The minimum atomic E-state index is 0.608. The molecule has 2 aromatic rings. The molecule has 1 aliphatic rings. The number of rotatable bonds is 4. The molecule has 0 N–H and O–H groups in total. The second-order valence-electron chi connectivity index (χ2n) is 4.94. The number of hydrogen-bond acceptors (Lipinski definition) is 2. The third-order valence-electron chi connectivity index (χ3n) is 3.57. The number of aryl methyl sites for hydroxylation is 1. The molecule has 2 nitrogen and oxygen atoms in total. The Balaban J connectivity index is 2.01. The van der Waals surface area contributed by atoms with E-state index in [1.165, 1.54) is 17.9 Å². The van der Waals surface area contributed by atoms with Gasteiger partial charge in [0, 0.05) is 23.9 Å². The first kappa shape index (κ1) is 13.6. The van der Waals surface area contributed by atoms with Gasteiger partial charge in [-0.2, -0.15) is 11.8 Å². The largest absolute Gasteiger partial charge is 0.328 e. The van der Waals surface area contributed by atoms with Crippen LogP contribution in [0, 0.1) is 5.92 Å². The van der Waals surface area contributed by atoms with Crippen molar-refractivity contribution < 1.29 is 0 Å². The first-order chi connectivity index (χ1) is 9.28. The highest BCUT2D eigenvalue weighted by Crippen LogP contribution is 2.28. The van der Waals surface area contributed by atoms with Gasteiger partial charge in [0.1, 0.15) is 5.82 Å². The summed E-state index contributed by atoms with van der Waals surface area (Å²) in [6.07, 6.45) is 2.11. The summed E-state index contributed by atoms with van der Waals surface area (Å²) in [4.78, 5) is 4.70. The minimum absolute atomic E-state index is 0.608. The Morgan fingerprint density at radius 2 is 2.32 bits per heavy atom. The van der Waals surface area contributed by atoms with Crippen molar-refractivity contribution in [3.05, 3.63) is 29.0 Å². The summed E-state index contributed by atoms with van der Waals surface area (Å²) in [5, 5.41) is 0.770. The predicted molar refractivity (Wildman–Crippen MR) is 84.6 cm³/mol. The monoisotopic (exact) mass is 314 g/mol. The SMILES string of the molecule is ClCCc1nc2ccc(Cl)cc2n1CC1CCSC1. The van der Waals surface area contributed by atoms with Crippen LogP contribution in [0.4, 0.5) is 0 Å². The van der Waals surface area contributed by atoms with Crippen LogP contribution < -0.4 is 0 Å². The average Bonchev–Trinajstić information content (AvgIpc) is 3.00. The summed E-state index contributed by atoms with van der Waals surface area (Å²) >= 11 is 14.1. The van der Waals surface area contributed by atoms with Gasteiger partial charge in [-0.15, -0.1) is 11.6 Å². The van der Waals surface area contributed by atoms with E-state index in [0.29, 0.717) is 5.88 Å². The second kappa shape index (κ2) is 5.94. The van der Waals surface area contributed by atoms with Crippen LogP contribution in [0.5, 0.6) is 0 Å². The molecular weight excluding hydrogens is 299 g/mol. The molecule has 1 unspecified atom stereocenters. The van der Waals surface area contributed by atoms with Crippen molar-refractivity contribution >= 4 is 46.0 Å². The van der Waals surface area contributed by atoms with Gasteiger partial charge in [0.2, 0.25) is 0 Å². The number of fused-ring (bicyclic) bond motifs is 1. The molecule has 1 aliphatic heterocycles. The molecule has 1 atom stereocenters. The van der Waals surface area contributed by atoms with E-state index in [1.807, 2.05) is 30.0 Å². The van der Waals surface area contributed by atoms with Crippen LogP contribution in [-0.4, -0.2) is 26.9 Å². The standard InChI is InChI=1S/C14H16Cl2N2S/c15-5-3-14-17-12-2-1-11(16)7-13(12)18(14)8-10-4-6-19-9-10/h1-2,7,10H,3-6,8-9H2.